The molecule has 1 atom stereocenters. The van der Waals surface area contributed by atoms with Gasteiger partial charge in [-0.3, -0.25) is 19.3 Å². The van der Waals surface area contributed by atoms with E-state index < -0.39 is 33.8 Å². The van der Waals surface area contributed by atoms with Crippen molar-refractivity contribution in [3.8, 4) is 0 Å². The van der Waals surface area contributed by atoms with Crippen LogP contribution in [0.5, 0.6) is 0 Å². The van der Waals surface area contributed by atoms with E-state index in [-0.39, 0.29) is 23.7 Å². The van der Waals surface area contributed by atoms with Crippen LogP contribution in [-0.4, -0.2) is 38.8 Å². The minimum atomic E-state index is -3.60. The van der Waals surface area contributed by atoms with Gasteiger partial charge in [-0.2, -0.15) is 0 Å². The van der Waals surface area contributed by atoms with Gasteiger partial charge >= 0.3 is 5.97 Å². The zero-order valence-electron chi connectivity index (χ0n) is 16.1. The molecule has 0 saturated carbocycles. The molecule has 1 unspecified atom stereocenters. The Balaban J connectivity index is 1.45. The molecule has 0 fully saturated rings. The Morgan fingerprint density at radius 3 is 2.60 bits per heavy atom. The SMILES string of the molecule is CC(OC(=O)CCCN=C1NS(=O)(=O)c2ccccc21)C(=O)Nc1ccc(F)cc1. The molecule has 30 heavy (non-hydrogen) atoms. The maximum Gasteiger partial charge on any atom is 0.306 e. The summed E-state index contributed by atoms with van der Waals surface area (Å²) in [7, 11) is -3.60. The second kappa shape index (κ2) is 9.04. The molecule has 0 spiro atoms. The Hall–Kier alpha value is -3.27. The number of sulfonamides is 1. The van der Waals surface area contributed by atoms with E-state index in [4.69, 9.17) is 4.74 Å². The molecular formula is C20H20FN3O5S. The van der Waals surface area contributed by atoms with Crippen molar-refractivity contribution in [3.05, 3.63) is 59.9 Å². The van der Waals surface area contributed by atoms with Gasteiger partial charge in [0.25, 0.3) is 15.9 Å². The van der Waals surface area contributed by atoms with Crippen LogP contribution in [-0.2, 0) is 24.3 Å². The Morgan fingerprint density at radius 1 is 1.17 bits per heavy atom. The van der Waals surface area contributed by atoms with Gasteiger partial charge in [0.05, 0.1) is 4.90 Å². The third-order valence-electron chi connectivity index (χ3n) is 4.26. The summed E-state index contributed by atoms with van der Waals surface area (Å²) in [6.07, 6.45) is -0.694. The molecule has 0 saturated heterocycles. The van der Waals surface area contributed by atoms with Crippen molar-refractivity contribution in [2.75, 3.05) is 11.9 Å². The summed E-state index contributed by atoms with van der Waals surface area (Å²) < 4.78 is 44.4. The molecule has 2 aromatic carbocycles. The van der Waals surface area contributed by atoms with Gasteiger partial charge in [-0.25, -0.2) is 12.8 Å². The van der Waals surface area contributed by atoms with Crippen molar-refractivity contribution < 1.29 is 27.1 Å². The molecule has 10 heteroatoms. The number of esters is 1. The first-order chi connectivity index (χ1) is 14.3. The number of fused-ring (bicyclic) bond motifs is 1. The van der Waals surface area contributed by atoms with Crippen molar-refractivity contribution in [1.82, 2.24) is 4.72 Å². The first-order valence-corrected chi connectivity index (χ1v) is 10.7. The van der Waals surface area contributed by atoms with Gasteiger partial charge in [0, 0.05) is 24.2 Å². The van der Waals surface area contributed by atoms with Gasteiger partial charge in [-0.15, -0.1) is 0 Å². The van der Waals surface area contributed by atoms with Gasteiger partial charge < -0.3 is 10.1 Å². The fourth-order valence-corrected chi connectivity index (χ4v) is 4.00. The van der Waals surface area contributed by atoms with Gasteiger partial charge in [-0.1, -0.05) is 12.1 Å². The predicted octanol–water partition coefficient (Wildman–Crippen LogP) is 2.21. The standard InChI is InChI=1S/C20H20FN3O5S/c1-13(20(26)23-15-10-8-14(21)9-11-15)29-18(25)7-4-12-22-19-16-5-2-3-6-17(16)30(27,28)24-19/h2-3,5-6,8-11,13H,4,7,12H2,1H3,(H,22,24)(H,23,26). The number of nitrogens with one attached hydrogen (secondary N) is 2. The Bertz CT molecular complexity index is 1080. The molecule has 0 aliphatic carbocycles. The molecule has 8 nitrogen and oxygen atoms in total. The van der Waals surface area contributed by atoms with Crippen LogP contribution in [0.2, 0.25) is 0 Å². The molecule has 0 aromatic heterocycles. The number of amidine groups is 1. The minimum absolute atomic E-state index is 0.0132. The number of rotatable bonds is 7. The third-order valence-corrected chi connectivity index (χ3v) is 5.66. The number of ether oxygens (including phenoxy) is 1. The molecule has 2 N–H and O–H groups in total. The van der Waals surface area contributed by atoms with Gasteiger partial charge in [0.1, 0.15) is 11.7 Å². The van der Waals surface area contributed by atoms with Crippen LogP contribution in [0.4, 0.5) is 10.1 Å². The van der Waals surface area contributed by atoms with Crippen molar-refractivity contribution in [1.29, 1.82) is 0 Å². The van der Waals surface area contributed by atoms with E-state index in [1.165, 1.54) is 37.3 Å². The zero-order chi connectivity index (χ0) is 21.7. The average molecular weight is 433 g/mol. The summed E-state index contributed by atoms with van der Waals surface area (Å²) in [5.74, 6) is -1.30. The fourth-order valence-electron chi connectivity index (χ4n) is 2.75. The number of halogens is 1. The van der Waals surface area contributed by atoms with Crippen LogP contribution in [0.25, 0.3) is 0 Å². The molecule has 1 aliphatic heterocycles. The summed E-state index contributed by atoms with van der Waals surface area (Å²) in [5.41, 5.74) is 0.880. The number of carbonyl (C=O) groups is 2. The highest BCUT2D eigenvalue weighted by Crippen LogP contribution is 2.22. The maximum absolute atomic E-state index is 12.9. The summed E-state index contributed by atoms with van der Waals surface area (Å²) in [6, 6.07) is 11.7. The van der Waals surface area contributed by atoms with Crippen LogP contribution >= 0.6 is 0 Å². The van der Waals surface area contributed by atoms with E-state index >= 15 is 0 Å². The topological polar surface area (TPSA) is 114 Å². The lowest BCUT2D eigenvalue weighted by Gasteiger charge is -2.13. The fraction of sp³-hybridized carbons (Fsp3) is 0.250. The first kappa shape index (κ1) is 21.4. The predicted molar refractivity (Wildman–Crippen MR) is 108 cm³/mol. The minimum Gasteiger partial charge on any atom is -0.453 e. The lowest BCUT2D eigenvalue weighted by Crippen LogP contribution is -2.30. The molecule has 158 valence electrons. The second-order valence-electron chi connectivity index (χ2n) is 6.56. The van der Waals surface area contributed by atoms with E-state index in [0.717, 1.165) is 0 Å². The van der Waals surface area contributed by atoms with Crippen molar-refractivity contribution in [2.24, 2.45) is 4.99 Å². The van der Waals surface area contributed by atoms with Crippen molar-refractivity contribution in [2.45, 2.75) is 30.8 Å². The van der Waals surface area contributed by atoms with Crippen LogP contribution < -0.4 is 10.0 Å². The quantitative estimate of drug-likeness (QED) is 0.513. The van der Waals surface area contributed by atoms with Crippen LogP contribution in [0.1, 0.15) is 25.3 Å². The number of hydrogen-bond donors (Lipinski definition) is 2. The van der Waals surface area contributed by atoms with Crippen LogP contribution in [0, 0.1) is 5.82 Å². The highest BCUT2D eigenvalue weighted by molar-refractivity contribution is 7.90. The van der Waals surface area contributed by atoms with Gasteiger partial charge in [0.15, 0.2) is 6.10 Å². The molecular weight excluding hydrogens is 413 g/mol. The van der Waals surface area contributed by atoms with Gasteiger partial charge in [-0.05, 0) is 49.7 Å². The lowest BCUT2D eigenvalue weighted by atomic mass is 10.2. The third kappa shape index (κ3) is 5.20. The number of amides is 1. The molecule has 3 rings (SSSR count). The number of aliphatic imine (C=N–C) groups is 1. The molecule has 1 aliphatic rings. The van der Waals surface area contributed by atoms with Crippen molar-refractivity contribution >= 4 is 33.4 Å². The number of carbonyl (C=O) groups excluding carboxylic acids is 2. The van der Waals surface area contributed by atoms with E-state index in [0.29, 0.717) is 17.7 Å². The van der Waals surface area contributed by atoms with E-state index in [9.17, 15) is 22.4 Å². The summed E-state index contributed by atoms with van der Waals surface area (Å²) in [4.78, 5) is 28.4. The first-order valence-electron chi connectivity index (χ1n) is 9.19. The number of anilines is 1. The Labute approximate surface area is 173 Å². The molecule has 0 radical (unpaired) electrons. The zero-order valence-corrected chi connectivity index (χ0v) is 16.9. The average Bonchev–Trinajstić information content (AvgIpc) is 2.97. The molecule has 0 bridgehead atoms. The van der Waals surface area contributed by atoms with Crippen molar-refractivity contribution in [3.63, 3.8) is 0 Å². The number of hydrogen-bond acceptors (Lipinski definition) is 6. The summed E-state index contributed by atoms with van der Waals surface area (Å²) >= 11 is 0. The van der Waals surface area contributed by atoms with E-state index in [1.807, 2.05) is 0 Å². The second-order valence-corrected chi connectivity index (χ2v) is 8.21. The smallest absolute Gasteiger partial charge is 0.306 e. The normalized spacial score (nSPS) is 16.4. The highest BCUT2D eigenvalue weighted by Gasteiger charge is 2.29. The lowest BCUT2D eigenvalue weighted by molar-refractivity contribution is -0.153. The van der Waals surface area contributed by atoms with E-state index in [2.05, 4.69) is 15.0 Å². The van der Waals surface area contributed by atoms with Crippen LogP contribution in [0.3, 0.4) is 0 Å². The summed E-state index contributed by atoms with van der Waals surface area (Å²) in [5, 5.41) is 2.53. The molecule has 1 heterocycles. The number of benzene rings is 2. The largest absolute Gasteiger partial charge is 0.453 e. The molecule has 2 aromatic rings. The Kier molecular flexibility index (Phi) is 6.46. The van der Waals surface area contributed by atoms with Crippen LogP contribution in [0.15, 0.2) is 58.4 Å². The Morgan fingerprint density at radius 2 is 1.87 bits per heavy atom. The monoisotopic (exact) mass is 433 g/mol. The highest BCUT2D eigenvalue weighted by atomic mass is 32.2. The van der Waals surface area contributed by atoms with Gasteiger partial charge in [0.2, 0.25) is 0 Å². The van der Waals surface area contributed by atoms with E-state index in [1.54, 1.807) is 18.2 Å². The maximum atomic E-state index is 12.9. The summed E-state index contributed by atoms with van der Waals surface area (Å²) in [6.45, 7) is 1.64. The molecule has 1 amide bonds. The number of nitrogens with zero attached hydrogens (tertiary/aromatic N) is 1.